The standard InChI is InChI=1S/C12H12N2O3S/c1-7-10(12(16)14-5-8(15)6-14)13-11(18-7)9-3-2-4-17-9/h2-4,8,15H,5-6H2,1H3. The quantitative estimate of drug-likeness (QED) is 0.893. The third-order valence-corrected chi connectivity index (χ3v) is 3.87. The molecule has 1 amide bonds. The highest BCUT2D eigenvalue weighted by Gasteiger charge is 2.32. The maximum Gasteiger partial charge on any atom is 0.273 e. The van der Waals surface area contributed by atoms with Gasteiger partial charge in [0.2, 0.25) is 0 Å². The van der Waals surface area contributed by atoms with Crippen LogP contribution in [-0.4, -0.2) is 40.1 Å². The van der Waals surface area contributed by atoms with Crippen molar-refractivity contribution in [2.75, 3.05) is 13.1 Å². The minimum Gasteiger partial charge on any atom is -0.462 e. The summed E-state index contributed by atoms with van der Waals surface area (Å²) in [6.45, 7) is 2.66. The van der Waals surface area contributed by atoms with Crippen LogP contribution in [0, 0.1) is 6.92 Å². The smallest absolute Gasteiger partial charge is 0.273 e. The topological polar surface area (TPSA) is 66.6 Å². The third kappa shape index (κ3) is 1.83. The van der Waals surface area contributed by atoms with Gasteiger partial charge < -0.3 is 14.4 Å². The fourth-order valence-corrected chi connectivity index (χ4v) is 2.74. The molecule has 1 fully saturated rings. The molecule has 0 saturated carbocycles. The summed E-state index contributed by atoms with van der Waals surface area (Å²) >= 11 is 1.44. The number of furan rings is 1. The number of likely N-dealkylation sites (tertiary alicyclic amines) is 1. The molecular weight excluding hydrogens is 252 g/mol. The van der Waals surface area contributed by atoms with Gasteiger partial charge in [-0.25, -0.2) is 4.98 Å². The molecule has 2 aromatic heterocycles. The molecule has 1 aliphatic heterocycles. The van der Waals surface area contributed by atoms with E-state index in [0.717, 1.165) is 4.88 Å². The Morgan fingerprint density at radius 3 is 3.00 bits per heavy atom. The summed E-state index contributed by atoms with van der Waals surface area (Å²) in [7, 11) is 0. The van der Waals surface area contributed by atoms with E-state index in [4.69, 9.17) is 4.42 Å². The van der Waals surface area contributed by atoms with Crippen LogP contribution in [-0.2, 0) is 0 Å². The fourth-order valence-electron chi connectivity index (χ4n) is 1.87. The first kappa shape index (κ1) is 11.4. The molecule has 0 aliphatic carbocycles. The van der Waals surface area contributed by atoms with Crippen LogP contribution in [0.2, 0.25) is 0 Å². The Morgan fingerprint density at radius 2 is 2.39 bits per heavy atom. The Bertz CT molecular complexity index is 570. The molecule has 0 aromatic carbocycles. The zero-order chi connectivity index (χ0) is 12.7. The predicted molar refractivity (Wildman–Crippen MR) is 66.5 cm³/mol. The number of carbonyl (C=O) groups is 1. The molecule has 1 aliphatic rings. The molecular formula is C12H12N2O3S. The normalized spacial score (nSPS) is 15.8. The number of aromatic nitrogens is 1. The van der Waals surface area contributed by atoms with Gasteiger partial charge in [-0.2, -0.15) is 0 Å². The number of hydrogen-bond donors (Lipinski definition) is 1. The molecule has 6 heteroatoms. The Labute approximate surface area is 108 Å². The third-order valence-electron chi connectivity index (χ3n) is 2.88. The molecule has 1 N–H and O–H groups in total. The van der Waals surface area contributed by atoms with E-state index in [1.54, 1.807) is 17.2 Å². The van der Waals surface area contributed by atoms with Crippen molar-refractivity contribution in [1.29, 1.82) is 0 Å². The minimum atomic E-state index is -0.391. The van der Waals surface area contributed by atoms with Crippen LogP contribution in [0.15, 0.2) is 22.8 Å². The molecule has 94 valence electrons. The highest BCUT2D eigenvalue weighted by Crippen LogP contribution is 2.29. The summed E-state index contributed by atoms with van der Waals surface area (Å²) in [6, 6.07) is 3.61. The average Bonchev–Trinajstić information content (AvgIpc) is 2.92. The van der Waals surface area contributed by atoms with Crippen molar-refractivity contribution in [3.8, 4) is 10.8 Å². The lowest BCUT2D eigenvalue weighted by Crippen LogP contribution is -2.53. The highest BCUT2D eigenvalue weighted by atomic mass is 32.1. The van der Waals surface area contributed by atoms with Gasteiger partial charge in [-0.1, -0.05) is 0 Å². The Kier molecular flexibility index (Phi) is 2.68. The van der Waals surface area contributed by atoms with E-state index < -0.39 is 6.10 Å². The number of amides is 1. The van der Waals surface area contributed by atoms with E-state index in [2.05, 4.69) is 4.98 Å². The summed E-state index contributed by atoms with van der Waals surface area (Å²) in [4.78, 5) is 18.9. The van der Waals surface area contributed by atoms with Crippen LogP contribution >= 0.6 is 11.3 Å². The first-order valence-electron chi connectivity index (χ1n) is 5.64. The molecule has 5 nitrogen and oxygen atoms in total. The SMILES string of the molecule is Cc1sc(-c2ccco2)nc1C(=O)N1CC(O)C1. The maximum absolute atomic E-state index is 12.1. The van der Waals surface area contributed by atoms with Crippen LogP contribution in [0.5, 0.6) is 0 Å². The van der Waals surface area contributed by atoms with Gasteiger partial charge in [0.05, 0.1) is 12.4 Å². The molecule has 0 atom stereocenters. The summed E-state index contributed by atoms with van der Waals surface area (Å²) < 4.78 is 5.27. The van der Waals surface area contributed by atoms with Gasteiger partial charge in [0.15, 0.2) is 10.8 Å². The minimum absolute atomic E-state index is 0.119. The van der Waals surface area contributed by atoms with Crippen molar-refractivity contribution in [3.05, 3.63) is 29.0 Å². The summed E-state index contributed by atoms with van der Waals surface area (Å²) in [5, 5.41) is 9.92. The number of aryl methyl sites for hydroxylation is 1. The molecule has 0 bridgehead atoms. The summed E-state index contributed by atoms with van der Waals surface area (Å²) in [5.41, 5.74) is 0.457. The van der Waals surface area contributed by atoms with Crippen molar-refractivity contribution < 1.29 is 14.3 Å². The van der Waals surface area contributed by atoms with Crippen LogP contribution in [0.1, 0.15) is 15.4 Å². The fraction of sp³-hybridized carbons (Fsp3) is 0.333. The second-order valence-corrected chi connectivity index (χ2v) is 5.47. The average molecular weight is 264 g/mol. The summed E-state index contributed by atoms with van der Waals surface area (Å²) in [6.07, 6.45) is 1.19. The van der Waals surface area contributed by atoms with E-state index in [-0.39, 0.29) is 5.91 Å². The molecule has 1 saturated heterocycles. The largest absolute Gasteiger partial charge is 0.462 e. The molecule has 2 aromatic rings. The molecule has 3 heterocycles. The number of β-amino-alcohol motifs (C(OH)–C–C–N with tert-alkyl or cyclic N) is 1. The number of rotatable bonds is 2. The van der Waals surface area contributed by atoms with Gasteiger partial charge in [-0.05, 0) is 19.1 Å². The number of aliphatic hydroxyl groups is 1. The molecule has 0 radical (unpaired) electrons. The zero-order valence-electron chi connectivity index (χ0n) is 9.79. The lowest BCUT2D eigenvalue weighted by molar-refractivity contribution is 0.00551. The van der Waals surface area contributed by atoms with Gasteiger partial charge in [-0.15, -0.1) is 11.3 Å². The predicted octanol–water partition coefficient (Wildman–Crippen LogP) is 1.53. The van der Waals surface area contributed by atoms with Crippen LogP contribution in [0.25, 0.3) is 10.8 Å². The number of hydrogen-bond acceptors (Lipinski definition) is 5. The summed E-state index contributed by atoms with van der Waals surface area (Å²) in [5.74, 6) is 0.553. The Hall–Kier alpha value is -1.66. The monoisotopic (exact) mass is 264 g/mol. The van der Waals surface area contributed by atoms with Crippen molar-refractivity contribution in [2.24, 2.45) is 0 Å². The second-order valence-electron chi connectivity index (χ2n) is 4.27. The van der Waals surface area contributed by atoms with Gasteiger partial charge >= 0.3 is 0 Å². The Balaban J connectivity index is 1.87. The lowest BCUT2D eigenvalue weighted by Gasteiger charge is -2.35. The Morgan fingerprint density at radius 1 is 1.61 bits per heavy atom. The number of thiazole rings is 1. The van der Waals surface area contributed by atoms with E-state index >= 15 is 0 Å². The molecule has 3 rings (SSSR count). The first-order chi connectivity index (χ1) is 8.65. The van der Waals surface area contributed by atoms with Crippen LogP contribution in [0.4, 0.5) is 0 Å². The number of carbonyl (C=O) groups excluding carboxylic acids is 1. The van der Waals surface area contributed by atoms with Gasteiger partial charge in [0.1, 0.15) is 5.69 Å². The van der Waals surface area contributed by atoms with E-state index in [9.17, 15) is 9.90 Å². The van der Waals surface area contributed by atoms with E-state index in [0.29, 0.717) is 29.6 Å². The lowest BCUT2D eigenvalue weighted by atomic mass is 10.1. The zero-order valence-corrected chi connectivity index (χ0v) is 10.6. The number of aliphatic hydroxyl groups excluding tert-OH is 1. The second kappa shape index (κ2) is 4.22. The highest BCUT2D eigenvalue weighted by molar-refractivity contribution is 7.15. The van der Waals surface area contributed by atoms with E-state index in [1.807, 2.05) is 13.0 Å². The van der Waals surface area contributed by atoms with Crippen LogP contribution < -0.4 is 0 Å². The maximum atomic E-state index is 12.1. The molecule has 0 unspecified atom stereocenters. The van der Waals surface area contributed by atoms with Crippen LogP contribution in [0.3, 0.4) is 0 Å². The first-order valence-corrected chi connectivity index (χ1v) is 6.45. The van der Waals surface area contributed by atoms with Gasteiger partial charge in [0, 0.05) is 18.0 Å². The van der Waals surface area contributed by atoms with Gasteiger partial charge in [0.25, 0.3) is 5.91 Å². The van der Waals surface area contributed by atoms with Gasteiger partial charge in [-0.3, -0.25) is 4.79 Å². The van der Waals surface area contributed by atoms with Crippen molar-refractivity contribution in [3.63, 3.8) is 0 Å². The van der Waals surface area contributed by atoms with Crippen molar-refractivity contribution in [1.82, 2.24) is 9.88 Å². The van der Waals surface area contributed by atoms with E-state index in [1.165, 1.54) is 11.3 Å². The molecule has 18 heavy (non-hydrogen) atoms. The van der Waals surface area contributed by atoms with Crippen molar-refractivity contribution in [2.45, 2.75) is 13.0 Å². The molecule has 0 spiro atoms. The van der Waals surface area contributed by atoms with Crippen molar-refractivity contribution >= 4 is 17.2 Å². The number of nitrogens with zero attached hydrogens (tertiary/aromatic N) is 2.